The van der Waals surface area contributed by atoms with E-state index in [-0.39, 0.29) is 11.5 Å². The second kappa shape index (κ2) is 8.53. The third kappa shape index (κ3) is 3.48. The van der Waals surface area contributed by atoms with Crippen molar-refractivity contribution in [3.63, 3.8) is 0 Å². The van der Waals surface area contributed by atoms with Gasteiger partial charge in [-0.3, -0.25) is 19.0 Å². The van der Waals surface area contributed by atoms with E-state index in [9.17, 15) is 9.59 Å². The van der Waals surface area contributed by atoms with E-state index < -0.39 is 6.10 Å². The Labute approximate surface area is 206 Å². The maximum Gasteiger partial charge on any atom is 0.263 e. The van der Waals surface area contributed by atoms with Crippen LogP contribution in [0.25, 0.3) is 38.1 Å². The van der Waals surface area contributed by atoms with Gasteiger partial charge in [0, 0.05) is 34.3 Å². The van der Waals surface area contributed by atoms with Gasteiger partial charge in [0.25, 0.3) is 11.5 Å². The van der Waals surface area contributed by atoms with E-state index in [1.165, 1.54) is 0 Å². The van der Waals surface area contributed by atoms with E-state index in [0.717, 1.165) is 44.0 Å². The average Bonchev–Trinajstić information content (AvgIpc) is 3.25. The van der Waals surface area contributed by atoms with Gasteiger partial charge in [-0.05, 0) is 55.0 Å². The summed E-state index contributed by atoms with van der Waals surface area (Å²) in [5.74, 6) is 1.10. The first kappa shape index (κ1) is 21.9. The number of pyridine rings is 2. The molecule has 0 fully saturated rings. The molecular weight excluding hydrogens is 454 g/mol. The van der Waals surface area contributed by atoms with Crippen molar-refractivity contribution >= 4 is 44.0 Å². The molecule has 1 atom stereocenters. The van der Waals surface area contributed by atoms with Gasteiger partial charge in [0.05, 0.1) is 23.7 Å². The normalized spacial score (nSPS) is 12.4. The maximum atomic E-state index is 13.4. The lowest BCUT2D eigenvalue weighted by molar-refractivity contribution is -0.127. The van der Waals surface area contributed by atoms with E-state index in [4.69, 9.17) is 9.47 Å². The third-order valence-electron chi connectivity index (χ3n) is 6.57. The number of ether oxygens (including phenoxy) is 2. The van der Waals surface area contributed by atoms with Gasteiger partial charge in [-0.25, -0.2) is 0 Å². The lowest BCUT2D eigenvalue weighted by Gasteiger charge is -2.15. The van der Waals surface area contributed by atoms with E-state index in [1.807, 2.05) is 66.7 Å². The summed E-state index contributed by atoms with van der Waals surface area (Å²) in [6.07, 6.45) is 1.06. The second-order valence-electron chi connectivity index (χ2n) is 8.75. The minimum atomic E-state index is -0.701. The molecule has 36 heavy (non-hydrogen) atoms. The molecule has 0 aliphatic heterocycles. The summed E-state index contributed by atoms with van der Waals surface area (Å²) in [6, 6.07) is 22.5. The molecule has 7 nitrogen and oxygen atoms in total. The SMILES string of the molecule is COc1ccc(CNC(=O)C(C)Oc2ccc3c(c2)c2ccnc4c5ccccc5c(=O)n3c24)cc1. The van der Waals surface area contributed by atoms with Crippen LogP contribution in [0.4, 0.5) is 0 Å². The van der Waals surface area contributed by atoms with E-state index >= 15 is 0 Å². The highest BCUT2D eigenvalue weighted by molar-refractivity contribution is 6.18. The molecule has 7 heteroatoms. The van der Waals surface area contributed by atoms with Gasteiger partial charge in [0.2, 0.25) is 0 Å². The number of carbonyl (C=O) groups excluding carboxylic acids is 1. The molecule has 1 amide bonds. The summed E-state index contributed by atoms with van der Waals surface area (Å²) in [6.45, 7) is 2.11. The molecule has 0 aliphatic carbocycles. The van der Waals surface area contributed by atoms with Crippen molar-refractivity contribution < 1.29 is 14.3 Å². The number of fused-ring (bicyclic) bond motifs is 5. The Morgan fingerprint density at radius 1 is 0.944 bits per heavy atom. The summed E-state index contributed by atoms with van der Waals surface area (Å²) >= 11 is 0. The third-order valence-corrected chi connectivity index (χ3v) is 6.57. The highest BCUT2D eigenvalue weighted by Crippen LogP contribution is 2.34. The number of methoxy groups -OCH3 is 1. The molecule has 0 saturated carbocycles. The lowest BCUT2D eigenvalue weighted by atomic mass is 10.1. The Balaban J connectivity index is 1.31. The molecule has 178 valence electrons. The van der Waals surface area contributed by atoms with Crippen molar-refractivity contribution in [2.24, 2.45) is 0 Å². The Bertz CT molecular complexity index is 1810. The largest absolute Gasteiger partial charge is 0.497 e. The molecule has 0 radical (unpaired) electrons. The zero-order valence-corrected chi connectivity index (χ0v) is 19.8. The Hall–Kier alpha value is -4.65. The highest BCUT2D eigenvalue weighted by Gasteiger charge is 2.19. The van der Waals surface area contributed by atoms with Crippen LogP contribution in [0.3, 0.4) is 0 Å². The molecule has 0 aliphatic rings. The van der Waals surface area contributed by atoms with Crippen LogP contribution in [0.15, 0.2) is 83.8 Å². The van der Waals surface area contributed by atoms with Crippen molar-refractivity contribution in [1.29, 1.82) is 0 Å². The van der Waals surface area contributed by atoms with Crippen LogP contribution in [-0.4, -0.2) is 28.5 Å². The van der Waals surface area contributed by atoms with Crippen LogP contribution >= 0.6 is 0 Å². The molecule has 3 aromatic heterocycles. The first-order valence-electron chi connectivity index (χ1n) is 11.7. The van der Waals surface area contributed by atoms with Crippen LogP contribution in [0.2, 0.25) is 0 Å². The van der Waals surface area contributed by atoms with Gasteiger partial charge in [-0.2, -0.15) is 0 Å². The first-order chi connectivity index (χ1) is 17.5. The predicted molar refractivity (Wildman–Crippen MR) is 140 cm³/mol. The number of carbonyl (C=O) groups is 1. The fourth-order valence-electron chi connectivity index (χ4n) is 4.76. The smallest absolute Gasteiger partial charge is 0.263 e. The van der Waals surface area contributed by atoms with Crippen LogP contribution in [-0.2, 0) is 11.3 Å². The molecule has 0 saturated heterocycles. The zero-order valence-electron chi connectivity index (χ0n) is 19.8. The van der Waals surface area contributed by atoms with Gasteiger partial charge < -0.3 is 14.8 Å². The van der Waals surface area contributed by atoms with Gasteiger partial charge in [0.1, 0.15) is 11.5 Å². The minimum absolute atomic E-state index is 0.0777. The monoisotopic (exact) mass is 477 g/mol. The number of benzene rings is 3. The first-order valence-corrected chi connectivity index (χ1v) is 11.7. The van der Waals surface area contributed by atoms with E-state index in [0.29, 0.717) is 17.7 Å². The van der Waals surface area contributed by atoms with Crippen LogP contribution < -0.4 is 20.3 Å². The number of amides is 1. The quantitative estimate of drug-likeness (QED) is 0.352. The van der Waals surface area contributed by atoms with E-state index in [2.05, 4.69) is 10.3 Å². The molecule has 0 bridgehead atoms. The van der Waals surface area contributed by atoms with Gasteiger partial charge in [-0.1, -0.05) is 30.3 Å². The van der Waals surface area contributed by atoms with Crippen molar-refractivity contribution in [3.8, 4) is 11.5 Å². The van der Waals surface area contributed by atoms with Crippen molar-refractivity contribution in [1.82, 2.24) is 14.7 Å². The van der Waals surface area contributed by atoms with Crippen LogP contribution in [0, 0.1) is 0 Å². The summed E-state index contributed by atoms with van der Waals surface area (Å²) in [5.41, 5.74) is 3.24. The topological polar surface area (TPSA) is 81.9 Å². The molecule has 3 heterocycles. The van der Waals surface area contributed by atoms with Crippen molar-refractivity contribution in [2.45, 2.75) is 19.6 Å². The summed E-state index contributed by atoms with van der Waals surface area (Å²) in [5, 5.41) is 6.16. The van der Waals surface area contributed by atoms with Crippen molar-refractivity contribution in [3.05, 3.63) is 94.9 Å². The predicted octanol–water partition coefficient (Wildman–Crippen LogP) is 4.68. The fraction of sp³-hybridized carbons (Fsp3) is 0.138. The number of nitrogens with one attached hydrogen (secondary N) is 1. The lowest BCUT2D eigenvalue weighted by Crippen LogP contribution is -2.35. The summed E-state index contributed by atoms with van der Waals surface area (Å²) in [4.78, 5) is 30.7. The molecule has 1 N–H and O–H groups in total. The van der Waals surface area contributed by atoms with Gasteiger partial charge in [-0.15, -0.1) is 0 Å². The number of hydrogen-bond donors (Lipinski definition) is 1. The molecule has 6 rings (SSSR count). The Kier molecular flexibility index (Phi) is 5.18. The number of nitrogens with zero attached hydrogens (tertiary/aromatic N) is 2. The van der Waals surface area contributed by atoms with E-state index in [1.54, 1.807) is 30.7 Å². The van der Waals surface area contributed by atoms with Gasteiger partial charge >= 0.3 is 0 Å². The Morgan fingerprint density at radius 2 is 1.69 bits per heavy atom. The fourth-order valence-corrected chi connectivity index (χ4v) is 4.76. The number of aromatic nitrogens is 2. The van der Waals surface area contributed by atoms with Crippen LogP contribution in [0.1, 0.15) is 12.5 Å². The number of hydrogen-bond acceptors (Lipinski definition) is 5. The minimum Gasteiger partial charge on any atom is -0.497 e. The summed E-state index contributed by atoms with van der Waals surface area (Å²) in [7, 11) is 1.62. The average molecular weight is 478 g/mol. The highest BCUT2D eigenvalue weighted by atomic mass is 16.5. The maximum absolute atomic E-state index is 13.4. The van der Waals surface area contributed by atoms with Gasteiger partial charge in [0.15, 0.2) is 6.10 Å². The molecule has 1 unspecified atom stereocenters. The van der Waals surface area contributed by atoms with Crippen molar-refractivity contribution in [2.75, 3.05) is 7.11 Å². The zero-order chi connectivity index (χ0) is 24.8. The van der Waals surface area contributed by atoms with Crippen LogP contribution in [0.5, 0.6) is 11.5 Å². The molecule has 6 aromatic rings. The molecule has 3 aromatic carbocycles. The standard InChI is InChI=1S/C29H23N3O4/c1-17(28(33)31-16-18-7-9-19(35-2)10-8-18)36-20-11-12-25-24(15-20)22-13-14-30-26-21-5-3-4-6-23(21)29(34)32(25)27(22)26/h3-15,17H,16H2,1-2H3,(H,31,33). The molecule has 0 spiro atoms. The Morgan fingerprint density at radius 3 is 2.47 bits per heavy atom. The second-order valence-corrected chi connectivity index (χ2v) is 8.75. The summed E-state index contributed by atoms with van der Waals surface area (Å²) < 4.78 is 12.9. The molecular formula is C29H23N3O4. The number of rotatable bonds is 6.